The zero-order valence-corrected chi connectivity index (χ0v) is 10.2. The average molecular weight is 248 g/mol. The molecular weight excluding hydrogens is 234 g/mol. The van der Waals surface area contributed by atoms with Gasteiger partial charge < -0.3 is 5.32 Å². The van der Waals surface area contributed by atoms with Gasteiger partial charge >= 0.3 is 0 Å². The number of rotatable bonds is 5. The van der Waals surface area contributed by atoms with Crippen molar-refractivity contribution in [2.45, 2.75) is 12.2 Å². The van der Waals surface area contributed by atoms with Gasteiger partial charge in [-0.2, -0.15) is 16.7 Å². The number of nitrogens with one attached hydrogen (secondary N) is 2. The third-order valence-corrected chi connectivity index (χ3v) is 3.08. The number of hydrogen-bond donors (Lipinski definition) is 3. The van der Waals surface area contributed by atoms with Gasteiger partial charge in [0.2, 0.25) is 5.95 Å². The van der Waals surface area contributed by atoms with Gasteiger partial charge in [0, 0.05) is 11.8 Å². The van der Waals surface area contributed by atoms with Gasteiger partial charge in [-0.15, -0.1) is 0 Å². The molecule has 0 saturated heterocycles. The van der Waals surface area contributed by atoms with E-state index in [-0.39, 0.29) is 0 Å². The fourth-order valence-corrected chi connectivity index (χ4v) is 1.29. The molecule has 1 heterocycles. The number of nitrogens with zero attached hydrogens (tertiary/aromatic N) is 2. The van der Waals surface area contributed by atoms with E-state index >= 15 is 0 Å². The van der Waals surface area contributed by atoms with Crippen LogP contribution in [0.25, 0.3) is 0 Å². The number of nitrogen functional groups attached to an aromatic ring is 1. The molecule has 0 aliphatic rings. The Labute approximate surface area is 98.2 Å². The van der Waals surface area contributed by atoms with Crippen LogP contribution in [0.1, 0.15) is 6.92 Å². The van der Waals surface area contributed by atoms with Crippen LogP contribution in [0.4, 0.5) is 11.8 Å². The highest BCUT2D eigenvalue weighted by molar-refractivity contribution is 7.99. The van der Waals surface area contributed by atoms with E-state index in [1.54, 1.807) is 11.8 Å². The highest BCUT2D eigenvalue weighted by atomic mass is 35.5. The van der Waals surface area contributed by atoms with Crippen LogP contribution >= 0.6 is 23.4 Å². The second-order valence-corrected chi connectivity index (χ2v) is 4.65. The summed E-state index contributed by atoms with van der Waals surface area (Å²) in [5.41, 5.74) is 2.37. The van der Waals surface area contributed by atoms with E-state index in [0.717, 1.165) is 6.54 Å². The predicted octanol–water partition coefficient (Wildman–Crippen LogP) is 1.58. The summed E-state index contributed by atoms with van der Waals surface area (Å²) < 4.78 is 0. The Balaban J connectivity index is 2.66. The van der Waals surface area contributed by atoms with Gasteiger partial charge in [0.15, 0.2) is 5.82 Å². The first-order valence-corrected chi connectivity index (χ1v) is 6.09. The molecule has 15 heavy (non-hydrogen) atoms. The zero-order valence-electron chi connectivity index (χ0n) is 8.62. The molecule has 1 unspecified atom stereocenters. The summed E-state index contributed by atoms with van der Waals surface area (Å²) >= 11 is 7.69. The van der Waals surface area contributed by atoms with Gasteiger partial charge in [0.1, 0.15) is 5.02 Å². The first kappa shape index (κ1) is 12.4. The molecule has 1 rings (SSSR count). The van der Waals surface area contributed by atoms with E-state index in [0.29, 0.717) is 22.0 Å². The quantitative estimate of drug-likeness (QED) is 0.542. The minimum atomic E-state index is 0.346. The van der Waals surface area contributed by atoms with Crippen LogP contribution in [-0.2, 0) is 0 Å². The summed E-state index contributed by atoms with van der Waals surface area (Å²) in [6, 6.07) is 0. The van der Waals surface area contributed by atoms with Crippen molar-refractivity contribution in [1.29, 1.82) is 0 Å². The maximum absolute atomic E-state index is 5.92. The monoisotopic (exact) mass is 247 g/mol. The summed E-state index contributed by atoms with van der Waals surface area (Å²) in [6.07, 6.45) is 3.57. The lowest BCUT2D eigenvalue weighted by molar-refractivity contribution is 0.984. The number of aromatic nitrogens is 2. The predicted molar refractivity (Wildman–Crippen MR) is 66.3 cm³/mol. The standard InChI is InChI=1S/C8H14ClN5S/c1-5(15-2)3-11-7-6(9)4-12-8(13-7)14-10/h4-5H,3,10H2,1-2H3,(H2,11,12,13,14). The lowest BCUT2D eigenvalue weighted by Gasteiger charge is -2.11. The Morgan fingerprint density at radius 3 is 3.00 bits per heavy atom. The van der Waals surface area contributed by atoms with Crippen molar-refractivity contribution in [3.63, 3.8) is 0 Å². The maximum Gasteiger partial charge on any atom is 0.239 e. The molecule has 7 heteroatoms. The molecule has 4 N–H and O–H groups in total. The van der Waals surface area contributed by atoms with Crippen molar-refractivity contribution < 1.29 is 0 Å². The van der Waals surface area contributed by atoms with E-state index in [1.165, 1.54) is 6.20 Å². The molecule has 1 atom stereocenters. The molecule has 1 aromatic heterocycles. The summed E-state index contributed by atoms with van der Waals surface area (Å²) in [5.74, 6) is 6.14. The van der Waals surface area contributed by atoms with Crippen molar-refractivity contribution in [3.05, 3.63) is 11.2 Å². The number of thioether (sulfide) groups is 1. The smallest absolute Gasteiger partial charge is 0.239 e. The number of hydrazine groups is 1. The van der Waals surface area contributed by atoms with E-state index in [4.69, 9.17) is 17.4 Å². The topological polar surface area (TPSA) is 75.9 Å². The molecule has 0 fully saturated rings. The summed E-state index contributed by atoms with van der Waals surface area (Å²) in [5, 5.41) is 4.12. The molecule has 0 aliphatic carbocycles. The summed E-state index contributed by atoms with van der Waals surface area (Å²) in [6.45, 7) is 2.91. The van der Waals surface area contributed by atoms with Gasteiger partial charge in [0.05, 0.1) is 6.20 Å². The largest absolute Gasteiger partial charge is 0.368 e. The third kappa shape index (κ3) is 3.73. The van der Waals surface area contributed by atoms with E-state index in [1.807, 2.05) is 0 Å². The van der Waals surface area contributed by atoms with Crippen LogP contribution < -0.4 is 16.6 Å². The molecule has 0 aromatic carbocycles. The fraction of sp³-hybridized carbons (Fsp3) is 0.500. The Bertz CT molecular complexity index is 322. The molecule has 0 bridgehead atoms. The van der Waals surface area contributed by atoms with Crippen LogP contribution in [-0.4, -0.2) is 28.0 Å². The van der Waals surface area contributed by atoms with Crippen molar-refractivity contribution in [2.24, 2.45) is 5.84 Å². The van der Waals surface area contributed by atoms with Gasteiger partial charge in [-0.05, 0) is 6.26 Å². The highest BCUT2D eigenvalue weighted by Crippen LogP contribution is 2.19. The van der Waals surface area contributed by atoms with Crippen molar-refractivity contribution in [1.82, 2.24) is 9.97 Å². The van der Waals surface area contributed by atoms with Crippen LogP contribution in [0.15, 0.2) is 6.20 Å². The average Bonchev–Trinajstić information content (AvgIpc) is 2.27. The molecule has 1 aromatic rings. The first-order chi connectivity index (χ1) is 7.17. The number of nitrogens with two attached hydrogens (primary N) is 1. The Hall–Kier alpha value is -0.720. The van der Waals surface area contributed by atoms with Crippen LogP contribution in [0, 0.1) is 0 Å². The van der Waals surface area contributed by atoms with Gasteiger partial charge in [-0.1, -0.05) is 18.5 Å². The third-order valence-electron chi connectivity index (χ3n) is 1.83. The molecular formula is C8H14ClN5S. The van der Waals surface area contributed by atoms with E-state index in [2.05, 4.69) is 33.9 Å². The van der Waals surface area contributed by atoms with Gasteiger partial charge in [-0.25, -0.2) is 10.8 Å². The van der Waals surface area contributed by atoms with Gasteiger partial charge in [-0.3, -0.25) is 5.43 Å². The summed E-state index contributed by atoms with van der Waals surface area (Å²) in [7, 11) is 0. The normalized spacial score (nSPS) is 12.3. The minimum Gasteiger partial charge on any atom is -0.368 e. The second-order valence-electron chi connectivity index (χ2n) is 2.96. The Morgan fingerprint density at radius 2 is 2.40 bits per heavy atom. The maximum atomic E-state index is 5.92. The molecule has 0 aliphatic heterocycles. The van der Waals surface area contributed by atoms with E-state index in [9.17, 15) is 0 Å². The molecule has 0 saturated carbocycles. The molecule has 0 amide bonds. The Morgan fingerprint density at radius 1 is 1.67 bits per heavy atom. The SMILES string of the molecule is CSC(C)CNc1nc(NN)ncc1Cl. The van der Waals surface area contributed by atoms with Crippen LogP contribution in [0.3, 0.4) is 0 Å². The van der Waals surface area contributed by atoms with Crippen molar-refractivity contribution in [3.8, 4) is 0 Å². The molecule has 84 valence electrons. The number of hydrogen-bond acceptors (Lipinski definition) is 6. The first-order valence-electron chi connectivity index (χ1n) is 4.43. The number of halogens is 1. The summed E-state index contributed by atoms with van der Waals surface area (Å²) in [4.78, 5) is 7.98. The van der Waals surface area contributed by atoms with Crippen LogP contribution in [0.5, 0.6) is 0 Å². The van der Waals surface area contributed by atoms with Gasteiger partial charge in [0.25, 0.3) is 0 Å². The molecule has 5 nitrogen and oxygen atoms in total. The second kappa shape index (κ2) is 5.99. The lowest BCUT2D eigenvalue weighted by atomic mass is 10.4. The number of anilines is 2. The van der Waals surface area contributed by atoms with Crippen molar-refractivity contribution >= 4 is 35.1 Å². The Kier molecular flexibility index (Phi) is 4.93. The zero-order chi connectivity index (χ0) is 11.3. The highest BCUT2D eigenvalue weighted by Gasteiger charge is 2.05. The minimum absolute atomic E-state index is 0.346. The van der Waals surface area contributed by atoms with E-state index < -0.39 is 0 Å². The van der Waals surface area contributed by atoms with Crippen LogP contribution in [0.2, 0.25) is 5.02 Å². The molecule has 0 spiro atoms. The lowest BCUT2D eigenvalue weighted by Crippen LogP contribution is -2.16. The molecule has 0 radical (unpaired) electrons. The van der Waals surface area contributed by atoms with Crippen molar-refractivity contribution in [2.75, 3.05) is 23.5 Å². The fourth-order valence-electron chi connectivity index (χ4n) is 0.884.